The number of hydrogen-bond acceptors (Lipinski definition) is 4. The fourth-order valence-electron chi connectivity index (χ4n) is 3.66. The highest BCUT2D eigenvalue weighted by Crippen LogP contribution is 2.32. The van der Waals surface area contributed by atoms with E-state index in [1.54, 1.807) is 0 Å². The van der Waals surface area contributed by atoms with Crippen LogP contribution in [-0.4, -0.2) is 32.0 Å². The summed E-state index contributed by atoms with van der Waals surface area (Å²) in [6.45, 7) is 11.0. The van der Waals surface area contributed by atoms with Gasteiger partial charge in [0.1, 0.15) is 6.10 Å². The normalized spacial score (nSPS) is 22.5. The zero-order valence-corrected chi connectivity index (χ0v) is 17.6. The third-order valence-electron chi connectivity index (χ3n) is 5.46. The molecule has 0 aromatic rings. The van der Waals surface area contributed by atoms with Crippen LogP contribution in [-0.2, 0) is 14.0 Å². The van der Waals surface area contributed by atoms with E-state index in [0.29, 0.717) is 12.8 Å². The van der Waals surface area contributed by atoms with E-state index >= 15 is 0 Å². The molecule has 1 aliphatic rings. The van der Waals surface area contributed by atoms with Crippen molar-refractivity contribution < 1.29 is 14.0 Å². The number of azide groups is 1. The smallest absolute Gasteiger partial charge is 0.306 e. The molecule has 0 amide bonds. The lowest BCUT2D eigenvalue weighted by atomic mass is 9.95. The average molecular weight is 370 g/mol. The van der Waals surface area contributed by atoms with Crippen molar-refractivity contribution in [1.82, 2.24) is 0 Å². The van der Waals surface area contributed by atoms with Crippen molar-refractivity contribution in [3.8, 4) is 0 Å². The topological polar surface area (TPSA) is 84.3 Å². The zero-order chi connectivity index (χ0) is 18.9. The number of ether oxygens (including phenoxy) is 1. The Morgan fingerprint density at radius 2 is 1.96 bits per heavy atom. The van der Waals surface area contributed by atoms with Crippen molar-refractivity contribution in [1.29, 1.82) is 0 Å². The van der Waals surface area contributed by atoms with E-state index in [-0.39, 0.29) is 23.7 Å². The van der Waals surface area contributed by atoms with E-state index in [2.05, 4.69) is 44.6 Å². The van der Waals surface area contributed by atoms with Crippen LogP contribution in [0, 0.1) is 0 Å². The molecular weight excluding hydrogens is 334 g/mol. The van der Waals surface area contributed by atoms with Crippen LogP contribution in [0.2, 0.25) is 18.1 Å². The van der Waals surface area contributed by atoms with Gasteiger partial charge >= 0.3 is 5.97 Å². The van der Waals surface area contributed by atoms with Gasteiger partial charge in [0.25, 0.3) is 0 Å². The molecule has 0 bridgehead atoms. The van der Waals surface area contributed by atoms with Crippen LogP contribution in [0.5, 0.6) is 0 Å². The Morgan fingerprint density at radius 1 is 1.32 bits per heavy atom. The monoisotopic (exact) mass is 369 g/mol. The largest absolute Gasteiger partial charge is 0.462 e. The van der Waals surface area contributed by atoms with Crippen LogP contribution >= 0.6 is 0 Å². The first-order valence-electron chi connectivity index (χ1n) is 9.73. The standard InChI is InChI=1S/C18H35N3O3Si/c1-6-25(7-2,8-3)24-18(4,5)13-12-16-14-15(20-21-19)10-9-11-17(22)23-16/h15-16H,6-14H2,1-5H3/t15-,16+/m0/s1. The molecule has 0 unspecified atom stereocenters. The Hall–Kier alpha value is -1.04. The van der Waals surface area contributed by atoms with Gasteiger partial charge < -0.3 is 9.16 Å². The van der Waals surface area contributed by atoms with Gasteiger partial charge in [-0.15, -0.1) is 0 Å². The first kappa shape index (κ1) is 22.0. The van der Waals surface area contributed by atoms with Gasteiger partial charge in [0.05, 0.1) is 5.60 Å². The fourth-order valence-corrected chi connectivity index (χ4v) is 6.87. The molecule has 6 nitrogen and oxygen atoms in total. The lowest BCUT2D eigenvalue weighted by molar-refractivity contribution is -0.151. The summed E-state index contributed by atoms with van der Waals surface area (Å²) < 4.78 is 12.2. The van der Waals surface area contributed by atoms with Crippen molar-refractivity contribution in [2.75, 3.05) is 0 Å². The summed E-state index contributed by atoms with van der Waals surface area (Å²) in [6, 6.07) is 3.30. The summed E-state index contributed by atoms with van der Waals surface area (Å²) in [5.74, 6) is -0.137. The predicted octanol–water partition coefficient (Wildman–Crippen LogP) is 5.73. The van der Waals surface area contributed by atoms with E-state index in [9.17, 15) is 4.79 Å². The maximum atomic E-state index is 11.9. The second kappa shape index (κ2) is 10.2. The first-order chi connectivity index (χ1) is 11.8. The molecule has 1 heterocycles. The Bertz CT molecular complexity index is 466. The Labute approximate surface area is 153 Å². The van der Waals surface area contributed by atoms with Crippen LogP contribution in [0.1, 0.15) is 73.1 Å². The van der Waals surface area contributed by atoms with Crippen molar-refractivity contribution in [3.05, 3.63) is 10.4 Å². The van der Waals surface area contributed by atoms with Crippen molar-refractivity contribution in [2.24, 2.45) is 5.11 Å². The third kappa shape index (κ3) is 7.38. The lowest BCUT2D eigenvalue weighted by Gasteiger charge is -2.39. The lowest BCUT2D eigenvalue weighted by Crippen LogP contribution is -2.44. The molecule has 0 saturated carbocycles. The molecule has 7 heteroatoms. The molecule has 2 atom stereocenters. The predicted molar refractivity (Wildman–Crippen MR) is 103 cm³/mol. The van der Waals surface area contributed by atoms with E-state index in [1.165, 1.54) is 0 Å². The van der Waals surface area contributed by atoms with Gasteiger partial charge in [-0.2, -0.15) is 0 Å². The minimum atomic E-state index is -1.67. The summed E-state index contributed by atoms with van der Waals surface area (Å²) in [5.41, 5.74) is 8.50. The summed E-state index contributed by atoms with van der Waals surface area (Å²) in [6.07, 6.45) is 3.90. The van der Waals surface area contributed by atoms with Crippen molar-refractivity contribution >= 4 is 14.3 Å². The summed E-state index contributed by atoms with van der Waals surface area (Å²) >= 11 is 0. The fraction of sp³-hybridized carbons (Fsp3) is 0.944. The van der Waals surface area contributed by atoms with Gasteiger partial charge in [0, 0.05) is 17.4 Å². The van der Waals surface area contributed by atoms with Crippen LogP contribution in [0.4, 0.5) is 0 Å². The van der Waals surface area contributed by atoms with Gasteiger partial charge in [-0.1, -0.05) is 25.9 Å². The molecule has 1 rings (SSSR count). The second-order valence-corrected chi connectivity index (χ2v) is 12.4. The third-order valence-corrected chi connectivity index (χ3v) is 10.3. The molecule has 0 aliphatic carbocycles. The van der Waals surface area contributed by atoms with Gasteiger partial charge in [-0.05, 0) is 69.6 Å². The van der Waals surface area contributed by atoms with Gasteiger partial charge in [-0.3, -0.25) is 4.79 Å². The van der Waals surface area contributed by atoms with Crippen molar-refractivity contribution in [3.63, 3.8) is 0 Å². The summed E-state index contributed by atoms with van der Waals surface area (Å²) in [7, 11) is -1.67. The summed E-state index contributed by atoms with van der Waals surface area (Å²) in [5, 5.41) is 3.87. The molecule has 1 fully saturated rings. The van der Waals surface area contributed by atoms with Crippen LogP contribution in [0.15, 0.2) is 5.11 Å². The van der Waals surface area contributed by atoms with E-state index in [4.69, 9.17) is 14.7 Å². The van der Waals surface area contributed by atoms with E-state index in [0.717, 1.165) is 43.8 Å². The molecule has 0 spiro atoms. The van der Waals surface area contributed by atoms with Gasteiger partial charge in [0.15, 0.2) is 8.32 Å². The number of carbonyl (C=O) groups is 1. The maximum absolute atomic E-state index is 11.9. The highest BCUT2D eigenvalue weighted by Gasteiger charge is 2.36. The van der Waals surface area contributed by atoms with E-state index in [1.807, 2.05) is 0 Å². The highest BCUT2D eigenvalue weighted by atomic mass is 28.4. The Morgan fingerprint density at radius 3 is 2.52 bits per heavy atom. The molecule has 1 saturated heterocycles. The maximum Gasteiger partial charge on any atom is 0.306 e. The minimum absolute atomic E-state index is 0.0810. The molecule has 1 aliphatic heterocycles. The Kier molecular flexibility index (Phi) is 8.97. The number of rotatable bonds is 9. The quantitative estimate of drug-likeness (QED) is 0.171. The number of nitrogens with zero attached hydrogens (tertiary/aromatic N) is 3. The minimum Gasteiger partial charge on any atom is -0.462 e. The molecule has 144 valence electrons. The molecule has 0 aromatic heterocycles. The molecule has 0 N–H and O–H groups in total. The second-order valence-electron chi connectivity index (χ2n) is 7.74. The van der Waals surface area contributed by atoms with E-state index < -0.39 is 8.32 Å². The number of esters is 1. The van der Waals surface area contributed by atoms with Gasteiger partial charge in [0.2, 0.25) is 0 Å². The molecule has 0 aromatic carbocycles. The number of hydrogen-bond donors (Lipinski definition) is 0. The molecule has 25 heavy (non-hydrogen) atoms. The Balaban J connectivity index is 2.70. The number of cyclic esters (lactones) is 1. The zero-order valence-electron chi connectivity index (χ0n) is 16.6. The SMILES string of the molecule is CC[Si](CC)(CC)OC(C)(C)CC[C@@H]1C[C@@H](N=[N+]=[N-])CCCC(=O)O1. The van der Waals surface area contributed by atoms with Gasteiger partial charge in [-0.25, -0.2) is 0 Å². The van der Waals surface area contributed by atoms with Crippen LogP contribution < -0.4 is 0 Å². The molecule has 0 radical (unpaired) electrons. The summed E-state index contributed by atoms with van der Waals surface area (Å²) in [4.78, 5) is 14.8. The average Bonchev–Trinajstić information content (AvgIpc) is 2.56. The number of carbonyl (C=O) groups excluding carboxylic acids is 1. The highest BCUT2D eigenvalue weighted by molar-refractivity contribution is 6.73. The van der Waals surface area contributed by atoms with Crippen molar-refractivity contribution in [2.45, 2.75) is 109 Å². The first-order valence-corrected chi connectivity index (χ1v) is 12.3. The van der Waals surface area contributed by atoms with Crippen LogP contribution in [0.3, 0.4) is 0 Å². The molecular formula is C18H35N3O3Si. The van der Waals surface area contributed by atoms with Crippen LogP contribution in [0.25, 0.3) is 10.4 Å².